The second-order valence-corrected chi connectivity index (χ2v) is 11.5. The van der Waals surface area contributed by atoms with E-state index in [4.69, 9.17) is 4.74 Å². The monoisotopic (exact) mass is 617 g/mol. The van der Waals surface area contributed by atoms with Crippen molar-refractivity contribution in [1.82, 2.24) is 20.2 Å². The smallest absolute Gasteiger partial charge is 0.242 e. The Hall–Kier alpha value is -3.96. The summed E-state index contributed by atoms with van der Waals surface area (Å²) in [6.45, 7) is 3.58. The van der Waals surface area contributed by atoms with Crippen LogP contribution in [0.15, 0.2) is 79.3 Å². The number of fused-ring (bicyclic) bond motifs is 1. The summed E-state index contributed by atoms with van der Waals surface area (Å²) in [6.07, 6.45) is 5.84. The highest BCUT2D eigenvalue weighted by Crippen LogP contribution is 2.26. The molecule has 4 aromatic rings. The van der Waals surface area contributed by atoms with E-state index in [2.05, 4.69) is 20.9 Å². The lowest BCUT2D eigenvalue weighted by Gasteiger charge is -2.29. The van der Waals surface area contributed by atoms with Gasteiger partial charge in [0, 0.05) is 25.2 Å². The molecule has 5 rings (SSSR count). The number of imidazole rings is 1. The van der Waals surface area contributed by atoms with E-state index in [1.165, 1.54) is 6.07 Å². The first-order chi connectivity index (χ1) is 21.9. The zero-order valence-electron chi connectivity index (χ0n) is 25.5. The Morgan fingerprint density at radius 1 is 1.13 bits per heavy atom. The molecule has 45 heavy (non-hydrogen) atoms. The Morgan fingerprint density at radius 3 is 2.76 bits per heavy atom. The molecule has 1 heterocycles. The molecular weight excluding hydrogens is 576 g/mol. The zero-order valence-corrected chi connectivity index (χ0v) is 25.5. The second kappa shape index (κ2) is 15.9. The lowest BCUT2D eigenvalue weighted by Crippen LogP contribution is -2.48. The van der Waals surface area contributed by atoms with Crippen molar-refractivity contribution >= 4 is 11.7 Å². The number of aliphatic hydroxyl groups excluding tert-OH is 1. The van der Waals surface area contributed by atoms with E-state index >= 15 is 0 Å². The fraction of sp³-hybridized carbons (Fsp3) is 0.371. The van der Waals surface area contributed by atoms with E-state index in [9.17, 15) is 18.7 Å². The molecule has 1 aliphatic rings. The van der Waals surface area contributed by atoms with E-state index in [1.807, 2.05) is 66.1 Å². The molecule has 4 N–H and O–H groups in total. The highest BCUT2D eigenvalue weighted by atomic mass is 19.1. The highest BCUT2D eigenvalue weighted by Gasteiger charge is 2.27. The Morgan fingerprint density at radius 2 is 1.93 bits per heavy atom. The fourth-order valence-electron chi connectivity index (χ4n) is 5.76. The third kappa shape index (κ3) is 9.04. The number of rotatable bonds is 15. The molecule has 3 atom stereocenters. The van der Waals surface area contributed by atoms with E-state index in [0.29, 0.717) is 62.3 Å². The van der Waals surface area contributed by atoms with Crippen LogP contribution in [-0.4, -0.2) is 51.9 Å². The highest BCUT2D eigenvalue weighted by molar-refractivity contribution is 5.94. The minimum absolute atomic E-state index is 0.0920. The van der Waals surface area contributed by atoms with Crippen LogP contribution in [0, 0.1) is 11.6 Å². The third-order valence-corrected chi connectivity index (χ3v) is 8.02. The van der Waals surface area contributed by atoms with Gasteiger partial charge < -0.3 is 30.4 Å². The van der Waals surface area contributed by atoms with Gasteiger partial charge in [-0.15, -0.1) is 0 Å². The average molecular weight is 618 g/mol. The van der Waals surface area contributed by atoms with Crippen LogP contribution >= 0.6 is 0 Å². The molecule has 8 nitrogen and oxygen atoms in total. The first-order valence-corrected chi connectivity index (χ1v) is 15.6. The number of anilines is 1. The minimum atomic E-state index is -0.647. The number of aryl methyl sites for hydroxylation is 1. The van der Waals surface area contributed by atoms with Crippen LogP contribution in [-0.2, 0) is 35.5 Å². The molecule has 1 aromatic heterocycles. The van der Waals surface area contributed by atoms with Gasteiger partial charge in [-0.2, -0.15) is 0 Å². The van der Waals surface area contributed by atoms with E-state index in [0.717, 1.165) is 29.3 Å². The summed E-state index contributed by atoms with van der Waals surface area (Å²) in [4.78, 5) is 17.7. The molecule has 238 valence electrons. The molecule has 0 saturated carbocycles. The van der Waals surface area contributed by atoms with Crippen molar-refractivity contribution in [3.8, 4) is 5.69 Å². The number of nitrogens with one attached hydrogen (secondary N) is 3. The van der Waals surface area contributed by atoms with Crippen LogP contribution in [0.4, 0.5) is 14.6 Å². The number of benzene rings is 3. The largest absolute Gasteiger partial charge is 0.389 e. The third-order valence-electron chi connectivity index (χ3n) is 8.02. The van der Waals surface area contributed by atoms with Crippen LogP contribution < -0.4 is 16.0 Å². The van der Waals surface area contributed by atoms with Gasteiger partial charge in [-0.1, -0.05) is 61.9 Å². The van der Waals surface area contributed by atoms with E-state index in [-0.39, 0.29) is 18.6 Å². The van der Waals surface area contributed by atoms with Gasteiger partial charge in [-0.25, -0.2) is 13.8 Å². The summed E-state index contributed by atoms with van der Waals surface area (Å²) < 4.78 is 35.6. The summed E-state index contributed by atoms with van der Waals surface area (Å²) in [6, 6.07) is 19.5. The first kappa shape index (κ1) is 32.4. The summed E-state index contributed by atoms with van der Waals surface area (Å²) in [5, 5.41) is 20.0. The maximum absolute atomic E-state index is 14.4. The van der Waals surface area contributed by atoms with Crippen molar-refractivity contribution in [2.24, 2.45) is 0 Å². The number of ether oxygens (including phenoxy) is 1. The molecule has 2 unspecified atom stereocenters. The zero-order chi connectivity index (χ0) is 31.6. The maximum atomic E-state index is 14.4. The molecule has 0 saturated heterocycles. The Kier molecular flexibility index (Phi) is 11.4. The number of halogens is 2. The fourth-order valence-corrected chi connectivity index (χ4v) is 5.76. The number of nitrogens with zero attached hydrogens (tertiary/aromatic N) is 2. The van der Waals surface area contributed by atoms with Gasteiger partial charge in [-0.05, 0) is 60.1 Å². The van der Waals surface area contributed by atoms with Gasteiger partial charge in [0.15, 0.2) is 5.82 Å². The number of carbonyl (C=O) groups excluding carboxylic acids is 1. The van der Waals surface area contributed by atoms with Gasteiger partial charge in [-0.3, -0.25) is 4.79 Å². The van der Waals surface area contributed by atoms with Crippen LogP contribution in [0.5, 0.6) is 0 Å². The molecule has 1 amide bonds. The molecule has 10 heteroatoms. The number of aliphatic hydroxyl groups is 1. The maximum Gasteiger partial charge on any atom is 0.242 e. The second-order valence-electron chi connectivity index (χ2n) is 11.5. The molecule has 0 bridgehead atoms. The Bertz CT molecular complexity index is 1550. The summed E-state index contributed by atoms with van der Waals surface area (Å²) in [7, 11) is 0. The molecular formula is C35H41F2N5O3. The first-order valence-electron chi connectivity index (χ1n) is 15.6. The molecule has 0 aliphatic heterocycles. The molecule has 3 aromatic carbocycles. The molecule has 0 spiro atoms. The van der Waals surface area contributed by atoms with Gasteiger partial charge in [0.05, 0.1) is 37.2 Å². The van der Waals surface area contributed by atoms with Gasteiger partial charge in [0.25, 0.3) is 0 Å². The SMILES string of the molecule is CCCC(N[C@H]1CCc2cc(F)cc(F)c2C1)C(=O)Nc1cn(-c2ccccc2CNCC(O)COCc2ccccc2)cn1. The summed E-state index contributed by atoms with van der Waals surface area (Å²) in [5.74, 6) is -0.866. The van der Waals surface area contributed by atoms with Crippen molar-refractivity contribution in [3.05, 3.63) is 113 Å². The van der Waals surface area contributed by atoms with Crippen molar-refractivity contribution in [2.45, 2.75) is 70.4 Å². The number of carbonyl (C=O) groups is 1. The van der Waals surface area contributed by atoms with Gasteiger partial charge in [0.2, 0.25) is 5.91 Å². The number of amides is 1. The normalized spacial score (nSPS) is 15.8. The Balaban J connectivity index is 1.13. The lowest BCUT2D eigenvalue weighted by molar-refractivity contribution is -0.118. The van der Waals surface area contributed by atoms with Crippen LogP contribution in [0.1, 0.15) is 48.4 Å². The molecule has 1 aliphatic carbocycles. The van der Waals surface area contributed by atoms with Crippen LogP contribution in [0.3, 0.4) is 0 Å². The predicted molar refractivity (Wildman–Crippen MR) is 170 cm³/mol. The van der Waals surface area contributed by atoms with Crippen molar-refractivity contribution < 1.29 is 23.4 Å². The molecule has 0 radical (unpaired) electrons. The number of hydrogen-bond donors (Lipinski definition) is 4. The standard InChI is InChI=1S/C35H41F2N5O3/c1-2-8-32(40-28-14-13-25-15-27(36)16-31(37)30(25)17-28)35(44)41-34-20-42(23-39-34)33-12-7-6-11-26(33)18-38-19-29(43)22-45-21-24-9-4-3-5-10-24/h3-7,9-12,15-16,20,23,28-29,32,38,40,43H,2,8,13-14,17-19,21-22H2,1H3,(H,41,44)/t28-,29?,32?/m0/s1. The van der Waals surface area contributed by atoms with Crippen LogP contribution in [0.25, 0.3) is 5.69 Å². The minimum Gasteiger partial charge on any atom is -0.389 e. The quantitative estimate of drug-likeness (QED) is 0.149. The number of hydrogen-bond acceptors (Lipinski definition) is 6. The van der Waals surface area contributed by atoms with Gasteiger partial charge in [0.1, 0.15) is 18.0 Å². The lowest BCUT2D eigenvalue weighted by atomic mass is 9.87. The van der Waals surface area contributed by atoms with Crippen LogP contribution in [0.2, 0.25) is 0 Å². The van der Waals surface area contributed by atoms with Gasteiger partial charge >= 0.3 is 0 Å². The summed E-state index contributed by atoms with van der Waals surface area (Å²) >= 11 is 0. The predicted octanol–water partition coefficient (Wildman–Crippen LogP) is 5.07. The topological polar surface area (TPSA) is 100 Å². The summed E-state index contributed by atoms with van der Waals surface area (Å²) in [5.41, 5.74) is 4.18. The Labute approximate surface area is 262 Å². The number of aromatic nitrogens is 2. The van der Waals surface area contributed by atoms with Crippen molar-refractivity contribution in [3.63, 3.8) is 0 Å². The van der Waals surface area contributed by atoms with Crippen molar-refractivity contribution in [2.75, 3.05) is 18.5 Å². The van der Waals surface area contributed by atoms with E-state index < -0.39 is 23.8 Å². The van der Waals surface area contributed by atoms with E-state index in [1.54, 1.807) is 12.5 Å². The molecule has 0 fully saturated rings. The van der Waals surface area contributed by atoms with Crippen molar-refractivity contribution in [1.29, 1.82) is 0 Å². The number of para-hydroxylation sites is 1. The average Bonchev–Trinajstić information content (AvgIpc) is 3.50.